The van der Waals surface area contributed by atoms with Gasteiger partial charge in [-0.15, -0.1) is 0 Å². The highest BCUT2D eigenvalue weighted by atomic mass is 14.8. The number of nitrogens with zero attached hydrogens (tertiary/aromatic N) is 1. The lowest BCUT2D eigenvalue weighted by atomic mass is 9.98. The smallest absolute Gasteiger partial charge is 0.121 e. The third kappa shape index (κ3) is 2.78. The third-order valence-electron chi connectivity index (χ3n) is 3.12. The molecule has 0 unspecified atom stereocenters. The first-order valence-electron chi connectivity index (χ1n) is 6.40. The van der Waals surface area contributed by atoms with E-state index in [-0.39, 0.29) is 0 Å². The summed E-state index contributed by atoms with van der Waals surface area (Å²) in [5.41, 5.74) is 4.59. The molecule has 98 valence electrons. The second kappa shape index (κ2) is 6.40. The van der Waals surface area contributed by atoms with Crippen molar-refractivity contribution >= 4 is 5.57 Å². The molecule has 0 saturated carbocycles. The second-order valence-electron chi connectivity index (χ2n) is 4.30. The maximum Gasteiger partial charge on any atom is 0.121 e. The zero-order chi connectivity index (χ0) is 14.4. The predicted molar refractivity (Wildman–Crippen MR) is 83.7 cm³/mol. The minimum atomic E-state index is 0.519. The summed E-state index contributed by atoms with van der Waals surface area (Å²) in [5.74, 6) is 0. The Bertz CT molecular complexity index is 676. The summed E-state index contributed by atoms with van der Waals surface area (Å²) in [6, 6.07) is 20.4. The van der Waals surface area contributed by atoms with Gasteiger partial charge in [0.1, 0.15) is 11.8 Å². The second-order valence-corrected chi connectivity index (χ2v) is 4.30. The molecule has 0 aliphatic heterocycles. The van der Waals surface area contributed by atoms with Crippen molar-refractivity contribution in [1.29, 1.82) is 5.26 Å². The summed E-state index contributed by atoms with van der Waals surface area (Å²) in [4.78, 5) is 0. The number of hydrogen-bond donors (Lipinski definition) is 1. The lowest BCUT2D eigenvalue weighted by Crippen LogP contribution is -2.06. The van der Waals surface area contributed by atoms with E-state index in [1.54, 1.807) is 13.1 Å². The molecular formula is C18H16N2. The standard InChI is InChI=1S/C18H16N2/c1-3-17(18(13-19)20-2)16-11-7-10-15(12-16)14-8-5-4-6-9-14/h3-12,20H,1H2,2H3/b18-17+. The van der Waals surface area contributed by atoms with Crippen LogP contribution in [0.1, 0.15) is 5.56 Å². The molecule has 0 bridgehead atoms. The molecule has 0 heterocycles. The molecule has 2 heteroatoms. The molecule has 0 aromatic heterocycles. The summed E-state index contributed by atoms with van der Waals surface area (Å²) in [6.07, 6.45) is 1.71. The van der Waals surface area contributed by atoms with Gasteiger partial charge in [-0.2, -0.15) is 5.26 Å². The van der Waals surface area contributed by atoms with E-state index in [4.69, 9.17) is 5.26 Å². The summed E-state index contributed by atoms with van der Waals surface area (Å²) < 4.78 is 0. The summed E-state index contributed by atoms with van der Waals surface area (Å²) >= 11 is 0. The molecule has 2 rings (SSSR count). The van der Waals surface area contributed by atoms with E-state index in [2.05, 4.69) is 42.2 Å². The molecule has 20 heavy (non-hydrogen) atoms. The van der Waals surface area contributed by atoms with E-state index in [1.807, 2.05) is 30.3 Å². The molecule has 0 spiro atoms. The maximum absolute atomic E-state index is 9.16. The normalized spacial score (nSPS) is 11.2. The Kier molecular flexibility index (Phi) is 4.36. The first-order chi connectivity index (χ1) is 9.80. The number of rotatable bonds is 4. The molecule has 0 radical (unpaired) electrons. The Morgan fingerprint density at radius 1 is 1.10 bits per heavy atom. The van der Waals surface area contributed by atoms with Crippen molar-refractivity contribution in [2.75, 3.05) is 7.05 Å². The van der Waals surface area contributed by atoms with Crippen LogP contribution in [-0.4, -0.2) is 7.05 Å². The number of hydrogen-bond acceptors (Lipinski definition) is 2. The van der Waals surface area contributed by atoms with Gasteiger partial charge in [0.25, 0.3) is 0 Å². The lowest BCUT2D eigenvalue weighted by molar-refractivity contribution is 1.04. The molecule has 0 amide bonds. The van der Waals surface area contributed by atoms with Crippen LogP contribution in [0.5, 0.6) is 0 Å². The van der Waals surface area contributed by atoms with Crippen LogP contribution in [0.25, 0.3) is 16.7 Å². The van der Waals surface area contributed by atoms with Crippen LogP contribution < -0.4 is 5.32 Å². The number of nitrogens with one attached hydrogen (secondary N) is 1. The van der Waals surface area contributed by atoms with Crippen LogP contribution >= 0.6 is 0 Å². The highest BCUT2D eigenvalue weighted by Gasteiger charge is 2.06. The van der Waals surface area contributed by atoms with E-state index < -0.39 is 0 Å². The Morgan fingerprint density at radius 2 is 1.80 bits per heavy atom. The molecule has 0 atom stereocenters. The van der Waals surface area contributed by atoms with Crippen LogP contribution in [0.4, 0.5) is 0 Å². The molecule has 0 saturated heterocycles. The summed E-state index contributed by atoms with van der Waals surface area (Å²) in [5, 5.41) is 12.1. The van der Waals surface area contributed by atoms with Crippen molar-refractivity contribution in [3.63, 3.8) is 0 Å². The van der Waals surface area contributed by atoms with Crippen molar-refractivity contribution in [2.45, 2.75) is 0 Å². The van der Waals surface area contributed by atoms with Crippen LogP contribution in [0.2, 0.25) is 0 Å². The SMILES string of the molecule is C=C/C(=C(/C#N)NC)c1cccc(-c2ccccc2)c1. The molecule has 0 fully saturated rings. The zero-order valence-electron chi connectivity index (χ0n) is 11.4. The monoisotopic (exact) mass is 260 g/mol. The highest BCUT2D eigenvalue weighted by molar-refractivity contribution is 5.81. The molecule has 2 nitrogen and oxygen atoms in total. The lowest BCUT2D eigenvalue weighted by Gasteiger charge is -2.09. The van der Waals surface area contributed by atoms with E-state index in [9.17, 15) is 0 Å². The summed E-state index contributed by atoms with van der Waals surface area (Å²) in [6.45, 7) is 3.81. The van der Waals surface area contributed by atoms with Crippen LogP contribution in [0, 0.1) is 11.3 Å². The minimum absolute atomic E-state index is 0.519. The summed E-state index contributed by atoms with van der Waals surface area (Å²) in [7, 11) is 1.74. The molecule has 0 aliphatic carbocycles. The van der Waals surface area contributed by atoms with Crippen molar-refractivity contribution < 1.29 is 0 Å². The number of nitriles is 1. The fourth-order valence-corrected chi connectivity index (χ4v) is 2.11. The fourth-order valence-electron chi connectivity index (χ4n) is 2.11. The third-order valence-corrected chi connectivity index (χ3v) is 3.12. The van der Waals surface area contributed by atoms with Gasteiger partial charge in [-0.25, -0.2) is 0 Å². The Morgan fingerprint density at radius 3 is 2.40 bits per heavy atom. The highest BCUT2D eigenvalue weighted by Crippen LogP contribution is 2.25. The predicted octanol–water partition coefficient (Wildman–Crippen LogP) is 3.99. The largest absolute Gasteiger partial charge is 0.379 e. The molecule has 1 N–H and O–H groups in total. The van der Waals surface area contributed by atoms with Crippen molar-refractivity contribution in [1.82, 2.24) is 5.32 Å². The van der Waals surface area contributed by atoms with Gasteiger partial charge in [0, 0.05) is 12.6 Å². The Hall–Kier alpha value is -2.79. The Labute approximate surface area is 119 Å². The van der Waals surface area contributed by atoms with E-state index in [1.165, 1.54) is 0 Å². The maximum atomic E-state index is 9.16. The van der Waals surface area contributed by atoms with Crippen LogP contribution in [-0.2, 0) is 0 Å². The number of benzene rings is 2. The van der Waals surface area contributed by atoms with Gasteiger partial charge in [-0.3, -0.25) is 0 Å². The average Bonchev–Trinajstić information content (AvgIpc) is 2.53. The van der Waals surface area contributed by atoms with Gasteiger partial charge in [0.05, 0.1) is 0 Å². The molecule has 0 aliphatic rings. The minimum Gasteiger partial charge on any atom is -0.379 e. The van der Waals surface area contributed by atoms with Gasteiger partial charge in [-0.05, 0) is 22.8 Å². The van der Waals surface area contributed by atoms with Crippen LogP contribution in [0.15, 0.2) is 72.9 Å². The van der Waals surface area contributed by atoms with Crippen molar-refractivity contribution in [3.8, 4) is 17.2 Å². The molecule has 2 aromatic rings. The first kappa shape index (κ1) is 13.6. The number of allylic oxidation sites excluding steroid dienone is 3. The van der Waals surface area contributed by atoms with Crippen molar-refractivity contribution in [3.05, 3.63) is 78.5 Å². The molecular weight excluding hydrogens is 244 g/mol. The quantitative estimate of drug-likeness (QED) is 0.666. The molecule has 2 aromatic carbocycles. The van der Waals surface area contributed by atoms with E-state index in [0.717, 1.165) is 22.3 Å². The van der Waals surface area contributed by atoms with Crippen molar-refractivity contribution in [2.24, 2.45) is 0 Å². The fraction of sp³-hybridized carbons (Fsp3) is 0.0556. The van der Waals surface area contributed by atoms with Crippen LogP contribution in [0.3, 0.4) is 0 Å². The van der Waals surface area contributed by atoms with E-state index >= 15 is 0 Å². The van der Waals surface area contributed by atoms with Gasteiger partial charge >= 0.3 is 0 Å². The first-order valence-corrected chi connectivity index (χ1v) is 6.40. The zero-order valence-corrected chi connectivity index (χ0v) is 11.4. The Balaban J connectivity index is 2.53. The topological polar surface area (TPSA) is 35.8 Å². The van der Waals surface area contributed by atoms with E-state index in [0.29, 0.717) is 5.70 Å². The van der Waals surface area contributed by atoms with Gasteiger partial charge in [0.15, 0.2) is 0 Å². The van der Waals surface area contributed by atoms with Gasteiger partial charge < -0.3 is 5.32 Å². The van der Waals surface area contributed by atoms with Gasteiger partial charge in [-0.1, -0.05) is 61.2 Å². The van der Waals surface area contributed by atoms with Gasteiger partial charge in [0.2, 0.25) is 0 Å². The average molecular weight is 260 g/mol.